The molecule has 0 saturated heterocycles. The van der Waals surface area contributed by atoms with Gasteiger partial charge in [0.05, 0.1) is 11.3 Å². The summed E-state index contributed by atoms with van der Waals surface area (Å²) in [5.41, 5.74) is 1.02. The third kappa shape index (κ3) is 3.53. The Morgan fingerprint density at radius 3 is 2.50 bits per heavy atom. The number of hydrogen-bond donors (Lipinski definition) is 1. The van der Waals surface area contributed by atoms with Gasteiger partial charge in [0.25, 0.3) is 0 Å². The van der Waals surface area contributed by atoms with Crippen molar-refractivity contribution in [3.63, 3.8) is 0 Å². The van der Waals surface area contributed by atoms with Crippen molar-refractivity contribution in [1.82, 2.24) is 5.32 Å². The molecule has 1 aromatic heterocycles. The van der Waals surface area contributed by atoms with Crippen molar-refractivity contribution in [2.45, 2.75) is 13.0 Å². The van der Waals surface area contributed by atoms with Crippen LogP contribution in [0.4, 0.5) is 0 Å². The molecule has 0 saturated carbocycles. The van der Waals surface area contributed by atoms with Gasteiger partial charge in [-0.3, -0.25) is 9.59 Å². The number of nitrogens with one attached hydrogen (secondary N) is 1. The predicted molar refractivity (Wildman–Crippen MR) is 71.6 cm³/mol. The van der Waals surface area contributed by atoms with Gasteiger partial charge in [0.2, 0.25) is 5.91 Å². The number of thiophene rings is 1. The minimum absolute atomic E-state index is 0.0899. The molecule has 1 heterocycles. The number of Topliss-reactive ketones (excluding diaryl/α,β-unsaturated/α-hetero) is 1. The highest BCUT2D eigenvalue weighted by Gasteiger charge is 2.11. The lowest BCUT2D eigenvalue weighted by atomic mass is 10.2. The first-order valence-electron chi connectivity index (χ1n) is 5.63. The zero-order chi connectivity index (χ0) is 12.8. The number of hydrogen-bond acceptors (Lipinski definition) is 3. The monoisotopic (exact) mass is 259 g/mol. The van der Waals surface area contributed by atoms with Crippen molar-refractivity contribution < 1.29 is 9.59 Å². The van der Waals surface area contributed by atoms with Gasteiger partial charge in [0, 0.05) is 6.54 Å². The van der Waals surface area contributed by atoms with Crippen molar-refractivity contribution in [2.75, 3.05) is 0 Å². The van der Waals surface area contributed by atoms with Gasteiger partial charge in [-0.2, -0.15) is 0 Å². The van der Waals surface area contributed by atoms with Gasteiger partial charge in [0.15, 0.2) is 5.78 Å². The molecule has 1 N–H and O–H groups in total. The molecular weight excluding hydrogens is 246 g/mol. The van der Waals surface area contributed by atoms with Crippen LogP contribution in [0.5, 0.6) is 0 Å². The molecule has 4 heteroatoms. The SMILES string of the molecule is O=C(CC(=O)c1cccs1)NCc1ccccc1. The second kappa shape index (κ2) is 6.12. The highest BCUT2D eigenvalue weighted by molar-refractivity contribution is 7.12. The van der Waals surface area contributed by atoms with Crippen molar-refractivity contribution in [2.24, 2.45) is 0 Å². The Hall–Kier alpha value is -1.94. The molecule has 2 aromatic rings. The molecule has 92 valence electrons. The fourth-order valence-corrected chi connectivity index (χ4v) is 2.19. The molecule has 0 unspecified atom stereocenters. The summed E-state index contributed by atoms with van der Waals surface area (Å²) in [6, 6.07) is 13.2. The van der Waals surface area contributed by atoms with Crippen LogP contribution in [0.1, 0.15) is 21.7 Å². The number of rotatable bonds is 5. The second-order valence-corrected chi connectivity index (χ2v) is 4.79. The van der Waals surface area contributed by atoms with E-state index in [1.54, 1.807) is 12.1 Å². The van der Waals surface area contributed by atoms with Crippen LogP contribution in [-0.4, -0.2) is 11.7 Å². The van der Waals surface area contributed by atoms with Crippen molar-refractivity contribution in [3.8, 4) is 0 Å². The van der Waals surface area contributed by atoms with E-state index in [-0.39, 0.29) is 18.1 Å². The largest absolute Gasteiger partial charge is 0.352 e. The predicted octanol–water partition coefficient (Wildman–Crippen LogP) is 2.64. The summed E-state index contributed by atoms with van der Waals surface area (Å²) >= 11 is 1.36. The Bertz CT molecular complexity index is 520. The number of carbonyl (C=O) groups is 2. The summed E-state index contributed by atoms with van der Waals surface area (Å²) < 4.78 is 0. The summed E-state index contributed by atoms with van der Waals surface area (Å²) in [7, 11) is 0. The zero-order valence-corrected chi connectivity index (χ0v) is 10.6. The average Bonchev–Trinajstić information content (AvgIpc) is 2.91. The van der Waals surface area contributed by atoms with Crippen molar-refractivity contribution in [3.05, 3.63) is 58.3 Å². The summed E-state index contributed by atoms with van der Waals surface area (Å²) in [6.07, 6.45) is -0.0899. The Kier molecular flexibility index (Phi) is 4.25. The molecule has 1 aromatic carbocycles. The van der Waals surface area contributed by atoms with Crippen LogP contribution in [0.2, 0.25) is 0 Å². The van der Waals surface area contributed by atoms with Gasteiger partial charge in [-0.05, 0) is 17.0 Å². The number of carbonyl (C=O) groups excluding carboxylic acids is 2. The highest BCUT2D eigenvalue weighted by Crippen LogP contribution is 2.11. The molecule has 0 atom stereocenters. The third-order valence-electron chi connectivity index (χ3n) is 2.45. The lowest BCUT2D eigenvalue weighted by Crippen LogP contribution is -2.25. The molecule has 0 spiro atoms. The molecule has 18 heavy (non-hydrogen) atoms. The van der Waals surface area contributed by atoms with E-state index < -0.39 is 0 Å². The first kappa shape index (κ1) is 12.5. The lowest BCUT2D eigenvalue weighted by molar-refractivity contribution is -0.120. The highest BCUT2D eigenvalue weighted by atomic mass is 32.1. The van der Waals surface area contributed by atoms with Crippen LogP contribution >= 0.6 is 11.3 Å². The maximum absolute atomic E-state index is 11.7. The molecule has 0 fully saturated rings. The van der Waals surface area contributed by atoms with Crippen LogP contribution in [0.25, 0.3) is 0 Å². The Morgan fingerprint density at radius 1 is 1.06 bits per heavy atom. The molecule has 1 amide bonds. The number of amides is 1. The summed E-state index contributed by atoms with van der Waals surface area (Å²) in [5, 5.41) is 4.57. The minimum atomic E-state index is -0.239. The maximum atomic E-state index is 11.7. The summed E-state index contributed by atoms with van der Waals surface area (Å²) in [4.78, 5) is 23.9. The first-order chi connectivity index (χ1) is 8.75. The van der Waals surface area contributed by atoms with Gasteiger partial charge in [-0.1, -0.05) is 36.4 Å². The van der Waals surface area contributed by atoms with E-state index >= 15 is 0 Å². The van der Waals surface area contributed by atoms with Crippen LogP contribution in [0, 0.1) is 0 Å². The minimum Gasteiger partial charge on any atom is -0.352 e. The van der Waals surface area contributed by atoms with Gasteiger partial charge < -0.3 is 5.32 Å². The molecule has 0 aliphatic heterocycles. The van der Waals surface area contributed by atoms with Gasteiger partial charge in [-0.15, -0.1) is 11.3 Å². The van der Waals surface area contributed by atoms with Gasteiger partial charge in [-0.25, -0.2) is 0 Å². The smallest absolute Gasteiger partial charge is 0.228 e. The van der Waals surface area contributed by atoms with Crippen LogP contribution in [0.15, 0.2) is 47.8 Å². The fraction of sp³-hybridized carbons (Fsp3) is 0.143. The van der Waals surface area contributed by atoms with Gasteiger partial charge in [0.1, 0.15) is 0 Å². The average molecular weight is 259 g/mol. The Labute approximate surface area is 109 Å². The van der Waals surface area contributed by atoms with E-state index in [0.717, 1.165) is 5.56 Å². The summed E-state index contributed by atoms with van der Waals surface area (Å²) in [5.74, 6) is -0.368. The standard InChI is InChI=1S/C14H13NO2S/c16-12(13-7-4-8-18-13)9-14(17)15-10-11-5-2-1-3-6-11/h1-8H,9-10H2,(H,15,17). The topological polar surface area (TPSA) is 46.2 Å². The van der Waals surface area contributed by atoms with Crippen molar-refractivity contribution >= 4 is 23.0 Å². The normalized spacial score (nSPS) is 10.0. The Morgan fingerprint density at radius 2 is 1.83 bits per heavy atom. The van der Waals surface area contributed by atoms with E-state index in [2.05, 4.69) is 5.32 Å². The van der Waals surface area contributed by atoms with E-state index in [1.165, 1.54) is 11.3 Å². The quantitative estimate of drug-likeness (QED) is 0.662. The van der Waals surface area contributed by atoms with Crippen LogP contribution in [-0.2, 0) is 11.3 Å². The van der Waals surface area contributed by atoms with Crippen LogP contribution in [0.3, 0.4) is 0 Å². The zero-order valence-electron chi connectivity index (χ0n) is 9.76. The first-order valence-corrected chi connectivity index (χ1v) is 6.51. The fourth-order valence-electron chi connectivity index (χ4n) is 1.53. The maximum Gasteiger partial charge on any atom is 0.228 e. The molecule has 0 bridgehead atoms. The Balaban J connectivity index is 1.81. The molecule has 2 rings (SSSR count). The molecule has 0 radical (unpaired) electrons. The second-order valence-electron chi connectivity index (χ2n) is 3.84. The molecular formula is C14H13NO2S. The number of benzene rings is 1. The summed E-state index contributed by atoms with van der Waals surface area (Å²) in [6.45, 7) is 0.456. The van der Waals surface area contributed by atoms with E-state index in [4.69, 9.17) is 0 Å². The molecule has 0 aliphatic carbocycles. The van der Waals surface area contributed by atoms with E-state index in [9.17, 15) is 9.59 Å². The number of ketones is 1. The molecule has 0 aliphatic rings. The van der Waals surface area contributed by atoms with Crippen LogP contribution < -0.4 is 5.32 Å². The van der Waals surface area contributed by atoms with E-state index in [1.807, 2.05) is 35.7 Å². The molecule has 3 nitrogen and oxygen atoms in total. The van der Waals surface area contributed by atoms with Gasteiger partial charge >= 0.3 is 0 Å². The van der Waals surface area contributed by atoms with E-state index in [0.29, 0.717) is 11.4 Å². The lowest BCUT2D eigenvalue weighted by Gasteiger charge is -2.04. The third-order valence-corrected chi connectivity index (χ3v) is 3.36. The van der Waals surface area contributed by atoms with Crippen molar-refractivity contribution in [1.29, 1.82) is 0 Å².